The van der Waals surface area contributed by atoms with Crippen LogP contribution in [-0.2, 0) is 14.6 Å². The lowest BCUT2D eigenvalue weighted by Gasteiger charge is -2.44. The van der Waals surface area contributed by atoms with Crippen molar-refractivity contribution < 1.29 is 17.9 Å². The standard InChI is InChI=1S/C16H23NO4S/c1-22(18,19)11-8-17-14-12-16(6-9-20-10-7-16)21-15-5-3-2-4-13(14)15/h2-5,14,17H,6-12H2,1H3. The van der Waals surface area contributed by atoms with Crippen LogP contribution in [0.15, 0.2) is 24.3 Å². The molecule has 0 radical (unpaired) electrons. The summed E-state index contributed by atoms with van der Waals surface area (Å²) in [4.78, 5) is 0. The predicted octanol–water partition coefficient (Wildman–Crippen LogP) is 1.69. The fourth-order valence-electron chi connectivity index (χ4n) is 3.27. The summed E-state index contributed by atoms with van der Waals surface area (Å²) >= 11 is 0. The number of hydrogen-bond donors (Lipinski definition) is 1. The molecule has 0 saturated carbocycles. The largest absolute Gasteiger partial charge is 0.487 e. The molecule has 6 heteroatoms. The minimum Gasteiger partial charge on any atom is -0.487 e. The highest BCUT2D eigenvalue weighted by atomic mass is 32.2. The second-order valence-electron chi connectivity index (χ2n) is 6.28. The molecule has 2 aliphatic heterocycles. The molecule has 1 aromatic carbocycles. The van der Waals surface area contributed by atoms with Crippen LogP contribution >= 0.6 is 0 Å². The van der Waals surface area contributed by atoms with Gasteiger partial charge in [-0.1, -0.05) is 18.2 Å². The van der Waals surface area contributed by atoms with E-state index in [1.165, 1.54) is 6.26 Å². The number of hydrogen-bond acceptors (Lipinski definition) is 5. The summed E-state index contributed by atoms with van der Waals surface area (Å²) in [7, 11) is -2.95. The van der Waals surface area contributed by atoms with Gasteiger partial charge >= 0.3 is 0 Å². The molecule has 1 fully saturated rings. The van der Waals surface area contributed by atoms with Gasteiger partial charge in [-0.15, -0.1) is 0 Å². The fraction of sp³-hybridized carbons (Fsp3) is 0.625. The van der Waals surface area contributed by atoms with E-state index in [9.17, 15) is 8.42 Å². The van der Waals surface area contributed by atoms with Crippen LogP contribution in [0.1, 0.15) is 30.9 Å². The van der Waals surface area contributed by atoms with E-state index in [2.05, 4.69) is 11.4 Å². The average molecular weight is 325 g/mol. The Bertz CT molecular complexity index is 623. The van der Waals surface area contributed by atoms with Crippen LogP contribution in [0, 0.1) is 0 Å². The lowest BCUT2D eigenvalue weighted by atomic mass is 9.82. The zero-order valence-corrected chi connectivity index (χ0v) is 13.7. The van der Waals surface area contributed by atoms with E-state index in [1.54, 1.807) is 0 Å². The van der Waals surface area contributed by atoms with E-state index in [-0.39, 0.29) is 17.4 Å². The number of para-hydroxylation sites is 1. The topological polar surface area (TPSA) is 64.6 Å². The summed E-state index contributed by atoms with van der Waals surface area (Å²) in [6.07, 6.45) is 3.89. The van der Waals surface area contributed by atoms with Crippen LogP contribution < -0.4 is 10.1 Å². The Kier molecular flexibility index (Phi) is 4.43. The Morgan fingerprint density at radius 1 is 1.27 bits per heavy atom. The zero-order chi connectivity index (χ0) is 15.6. The molecule has 0 aromatic heterocycles. The Balaban J connectivity index is 1.78. The minimum absolute atomic E-state index is 0.129. The minimum atomic E-state index is -2.95. The Hall–Kier alpha value is -1.11. The maximum atomic E-state index is 11.3. The van der Waals surface area contributed by atoms with E-state index in [1.807, 2.05) is 18.2 Å². The molecule has 3 rings (SSSR count). The number of sulfone groups is 1. The van der Waals surface area contributed by atoms with Gasteiger partial charge in [-0.25, -0.2) is 8.42 Å². The maximum Gasteiger partial charge on any atom is 0.148 e. The van der Waals surface area contributed by atoms with E-state index < -0.39 is 9.84 Å². The molecule has 2 heterocycles. The van der Waals surface area contributed by atoms with Crippen molar-refractivity contribution in [3.05, 3.63) is 29.8 Å². The molecule has 122 valence electrons. The van der Waals surface area contributed by atoms with Gasteiger partial charge in [0.25, 0.3) is 0 Å². The van der Waals surface area contributed by atoms with Crippen LogP contribution in [0.2, 0.25) is 0 Å². The van der Waals surface area contributed by atoms with Crippen molar-refractivity contribution in [3.63, 3.8) is 0 Å². The van der Waals surface area contributed by atoms with Gasteiger partial charge in [0.1, 0.15) is 21.2 Å². The normalized spacial score (nSPS) is 23.8. The summed E-state index contributed by atoms with van der Waals surface area (Å²) < 4.78 is 34.4. The summed E-state index contributed by atoms with van der Waals surface area (Å²) in [6, 6.07) is 8.15. The molecule has 0 bridgehead atoms. The lowest BCUT2D eigenvalue weighted by molar-refractivity contribution is -0.0644. The first-order valence-corrected chi connectivity index (χ1v) is 9.80. The van der Waals surface area contributed by atoms with Crippen molar-refractivity contribution in [2.45, 2.75) is 30.9 Å². The van der Waals surface area contributed by atoms with Crippen LogP contribution in [-0.4, -0.2) is 45.8 Å². The highest BCUT2D eigenvalue weighted by Gasteiger charge is 2.41. The highest BCUT2D eigenvalue weighted by molar-refractivity contribution is 7.90. The second-order valence-corrected chi connectivity index (χ2v) is 8.54. The van der Waals surface area contributed by atoms with Crippen LogP contribution in [0.25, 0.3) is 0 Å². The Morgan fingerprint density at radius 3 is 2.73 bits per heavy atom. The molecule has 1 unspecified atom stereocenters. The number of ether oxygens (including phenoxy) is 2. The Labute approximate surface area is 131 Å². The van der Waals surface area contributed by atoms with Crippen molar-refractivity contribution in [3.8, 4) is 5.75 Å². The van der Waals surface area contributed by atoms with Gasteiger partial charge in [-0.2, -0.15) is 0 Å². The number of benzene rings is 1. The van der Waals surface area contributed by atoms with Crippen molar-refractivity contribution >= 4 is 9.84 Å². The van der Waals surface area contributed by atoms with Crippen molar-refractivity contribution in [1.29, 1.82) is 0 Å². The zero-order valence-electron chi connectivity index (χ0n) is 12.9. The van der Waals surface area contributed by atoms with Crippen LogP contribution in [0.4, 0.5) is 0 Å². The van der Waals surface area contributed by atoms with Gasteiger partial charge in [-0.3, -0.25) is 0 Å². The number of nitrogens with one attached hydrogen (secondary N) is 1. The molecular formula is C16H23NO4S. The Morgan fingerprint density at radius 2 is 2.00 bits per heavy atom. The van der Waals surface area contributed by atoms with Gasteiger partial charge in [0.2, 0.25) is 0 Å². The third-order valence-corrected chi connectivity index (χ3v) is 5.41. The molecule has 0 aliphatic carbocycles. The van der Waals surface area contributed by atoms with Gasteiger partial charge in [0, 0.05) is 43.7 Å². The molecule has 1 aromatic rings. The molecule has 1 saturated heterocycles. The SMILES string of the molecule is CS(=O)(=O)CCNC1CC2(CCOCC2)Oc2ccccc21. The molecule has 1 spiro atoms. The van der Waals surface area contributed by atoms with Crippen molar-refractivity contribution in [1.82, 2.24) is 5.32 Å². The van der Waals surface area contributed by atoms with Crippen molar-refractivity contribution in [2.75, 3.05) is 31.8 Å². The molecule has 0 amide bonds. The third-order valence-electron chi connectivity index (χ3n) is 4.46. The number of rotatable bonds is 4. The molecule has 1 N–H and O–H groups in total. The fourth-order valence-corrected chi connectivity index (χ4v) is 3.76. The van der Waals surface area contributed by atoms with E-state index in [0.29, 0.717) is 6.54 Å². The molecule has 1 atom stereocenters. The quantitative estimate of drug-likeness (QED) is 0.913. The molecular weight excluding hydrogens is 302 g/mol. The first-order chi connectivity index (χ1) is 10.5. The first kappa shape index (κ1) is 15.8. The smallest absolute Gasteiger partial charge is 0.148 e. The summed E-state index contributed by atoms with van der Waals surface area (Å²) in [6.45, 7) is 1.90. The number of fused-ring (bicyclic) bond motifs is 1. The average Bonchev–Trinajstić information content (AvgIpc) is 2.46. The summed E-state index contributed by atoms with van der Waals surface area (Å²) in [5.41, 5.74) is 0.933. The lowest BCUT2D eigenvalue weighted by Crippen LogP contribution is -2.48. The van der Waals surface area contributed by atoms with Gasteiger partial charge < -0.3 is 14.8 Å². The van der Waals surface area contributed by atoms with Gasteiger partial charge in [0.15, 0.2) is 0 Å². The highest BCUT2D eigenvalue weighted by Crippen LogP contribution is 2.43. The molecule has 22 heavy (non-hydrogen) atoms. The summed E-state index contributed by atoms with van der Waals surface area (Å²) in [5, 5.41) is 3.41. The predicted molar refractivity (Wildman–Crippen MR) is 84.9 cm³/mol. The van der Waals surface area contributed by atoms with Gasteiger partial charge in [0.05, 0.1) is 19.0 Å². The van der Waals surface area contributed by atoms with Crippen molar-refractivity contribution in [2.24, 2.45) is 0 Å². The van der Waals surface area contributed by atoms with E-state index >= 15 is 0 Å². The van der Waals surface area contributed by atoms with E-state index in [4.69, 9.17) is 9.47 Å². The van der Waals surface area contributed by atoms with Crippen LogP contribution in [0.5, 0.6) is 5.75 Å². The van der Waals surface area contributed by atoms with Gasteiger partial charge in [-0.05, 0) is 6.07 Å². The first-order valence-electron chi connectivity index (χ1n) is 7.74. The van der Waals surface area contributed by atoms with E-state index in [0.717, 1.165) is 43.8 Å². The third kappa shape index (κ3) is 3.62. The summed E-state index contributed by atoms with van der Waals surface area (Å²) in [5.74, 6) is 1.07. The second kappa shape index (κ2) is 6.18. The molecule has 2 aliphatic rings. The van der Waals surface area contributed by atoms with Crippen LogP contribution in [0.3, 0.4) is 0 Å². The maximum absolute atomic E-state index is 11.3. The molecule has 5 nitrogen and oxygen atoms in total. The monoisotopic (exact) mass is 325 g/mol.